The molecule has 356 valence electrons. The summed E-state index contributed by atoms with van der Waals surface area (Å²) < 4.78 is 57.3. The number of benzene rings is 1. The van der Waals surface area contributed by atoms with Crippen LogP contribution in [-0.4, -0.2) is 69.1 Å². The molecule has 65 heavy (non-hydrogen) atoms. The first-order valence-electron chi connectivity index (χ1n) is 22.9. The van der Waals surface area contributed by atoms with E-state index in [0.29, 0.717) is 17.8 Å². The van der Waals surface area contributed by atoms with Crippen molar-refractivity contribution < 1.29 is 42.2 Å². The molecule has 0 spiro atoms. The van der Waals surface area contributed by atoms with Gasteiger partial charge in [-0.25, -0.2) is 14.1 Å². The number of nitriles is 2. The number of nitrogens with two attached hydrogens (primary N) is 1. The Kier molecular flexibility index (Phi) is 23.9. The van der Waals surface area contributed by atoms with Gasteiger partial charge >= 0.3 is 7.82 Å². The molecule has 0 aliphatic rings. The number of unbranched alkanes of at least 4 members (excludes halogenated alkanes) is 15. The van der Waals surface area contributed by atoms with Crippen LogP contribution in [0.3, 0.4) is 0 Å². The van der Waals surface area contributed by atoms with Crippen LogP contribution in [0.2, 0.25) is 5.02 Å². The third-order valence-corrected chi connectivity index (χ3v) is 12.1. The second-order valence-electron chi connectivity index (χ2n) is 16.5. The molecule has 4 aromatic rings. The second-order valence-corrected chi connectivity index (χ2v) is 18.5. The summed E-state index contributed by atoms with van der Waals surface area (Å²) in [5.74, 6) is -1.13. The van der Waals surface area contributed by atoms with Gasteiger partial charge in [0.2, 0.25) is 0 Å². The normalized spacial score (nSPS) is 14.0. The summed E-state index contributed by atoms with van der Waals surface area (Å²) in [7, 11) is -4.60. The van der Waals surface area contributed by atoms with Gasteiger partial charge in [0.15, 0.2) is 11.6 Å². The maximum absolute atomic E-state index is 14.6. The van der Waals surface area contributed by atoms with Gasteiger partial charge in [0, 0.05) is 25.3 Å². The van der Waals surface area contributed by atoms with Gasteiger partial charge in [-0.1, -0.05) is 127 Å². The number of phosphoric ester groups is 1. The van der Waals surface area contributed by atoms with E-state index in [2.05, 4.69) is 22.0 Å². The van der Waals surface area contributed by atoms with Crippen molar-refractivity contribution in [3.63, 3.8) is 0 Å². The molecule has 3 N–H and O–H groups in total. The lowest BCUT2D eigenvalue weighted by atomic mass is 10.0. The van der Waals surface area contributed by atoms with Crippen LogP contribution in [0, 0.1) is 22.8 Å². The fourth-order valence-electron chi connectivity index (χ4n) is 7.16. The Morgan fingerprint density at radius 3 is 2.11 bits per heavy atom. The minimum atomic E-state index is -4.60. The molecule has 4 atom stereocenters. The van der Waals surface area contributed by atoms with Gasteiger partial charge in [0.25, 0.3) is 6.26 Å². The lowest BCUT2D eigenvalue weighted by Gasteiger charge is -2.29. The number of aromatic nitrogens is 4. The number of nitrogen functional groups attached to an aromatic ring is 1. The number of rotatable bonds is 35. The number of para-hydroxylation sites is 1. The van der Waals surface area contributed by atoms with Crippen LogP contribution < -0.4 is 15.0 Å². The van der Waals surface area contributed by atoms with E-state index in [1.807, 2.05) is 6.07 Å². The van der Waals surface area contributed by atoms with Crippen molar-refractivity contribution in [3.8, 4) is 23.8 Å². The highest BCUT2D eigenvalue weighted by Crippen LogP contribution is 2.51. The molecule has 3 aromatic heterocycles. The molecule has 1 unspecified atom stereocenters. The molecule has 0 fully saturated rings. The van der Waals surface area contributed by atoms with E-state index in [4.69, 9.17) is 49.9 Å². The first kappa shape index (κ1) is 53.1. The highest BCUT2D eigenvalue weighted by Gasteiger charge is 2.35. The Labute approximate surface area is 389 Å². The Morgan fingerprint density at radius 1 is 0.862 bits per heavy atom. The maximum Gasteiger partial charge on any atom is 0.530 e. The zero-order valence-corrected chi connectivity index (χ0v) is 39.8. The number of pyridine rings is 1. The van der Waals surface area contributed by atoms with E-state index in [-0.39, 0.29) is 47.5 Å². The molecule has 0 amide bonds. The first-order chi connectivity index (χ1) is 31.4. The van der Waals surface area contributed by atoms with E-state index in [0.717, 1.165) is 19.3 Å². The molecular weight excluding hydrogens is 873 g/mol. The largest absolute Gasteiger partial charge is 0.530 e. The SMILES string of the molecule is CCCCCCCCCCCCCCCCCCOC[C@H](COP(=O)(OC[C@H](C[C@@H](OC(C)(C)O)c1ccc2c(N)ncnn12)OC#N)Oc1ccccc1Cl)Oc1cncc(C#N)c1. The minimum absolute atomic E-state index is 0.0126. The molecule has 3 heterocycles. The van der Waals surface area contributed by atoms with Crippen molar-refractivity contribution in [2.24, 2.45) is 0 Å². The number of nitrogens with zero attached hydrogens (tertiary/aromatic N) is 6. The highest BCUT2D eigenvalue weighted by molar-refractivity contribution is 7.48. The van der Waals surface area contributed by atoms with E-state index < -0.39 is 38.5 Å². The molecule has 16 nitrogen and oxygen atoms in total. The average molecular weight is 941 g/mol. The number of phosphoric acid groups is 1. The van der Waals surface area contributed by atoms with Gasteiger partial charge in [0.1, 0.15) is 47.7 Å². The van der Waals surface area contributed by atoms with Crippen LogP contribution in [0.4, 0.5) is 5.82 Å². The van der Waals surface area contributed by atoms with Crippen LogP contribution in [-0.2, 0) is 27.8 Å². The van der Waals surface area contributed by atoms with Crippen LogP contribution >= 0.6 is 19.4 Å². The minimum Gasteiger partial charge on any atom is -0.484 e. The van der Waals surface area contributed by atoms with Gasteiger partial charge in [-0.15, -0.1) is 0 Å². The number of anilines is 1. The summed E-state index contributed by atoms with van der Waals surface area (Å²) in [4.78, 5) is 8.11. The molecule has 0 aliphatic heterocycles. The van der Waals surface area contributed by atoms with Gasteiger partial charge in [0.05, 0.1) is 42.3 Å². The predicted molar refractivity (Wildman–Crippen MR) is 248 cm³/mol. The molecule has 0 saturated heterocycles. The standard InChI is InChI=1S/C47H67ClN7O9P/c1-4-5-6-7-8-9-10-11-12-13-14-15-16-17-18-21-26-58-32-40(62-38-27-37(29-49)30-52-31-38)34-61-65(57,64-44-23-20-19-22-41(44)48)60-33-39(59-35-50)28-45(63-47(2,3)56)42-24-25-43-46(51)53-36-54-55(42)43/h19-20,22-25,27,30-31,36,39-40,45,56H,4-18,21,26,28,32-34H2,1-3H3,(H2,51,53,54)/t39-,40+,45+,65?/m0/s1. The number of hydrogen-bond donors (Lipinski definition) is 2. The molecule has 18 heteroatoms. The number of halogens is 1. The van der Waals surface area contributed by atoms with E-state index in [9.17, 15) is 20.2 Å². The Morgan fingerprint density at radius 2 is 1.49 bits per heavy atom. The Balaban J connectivity index is 1.36. The zero-order chi connectivity index (χ0) is 46.8. The molecule has 1 aromatic carbocycles. The summed E-state index contributed by atoms with van der Waals surface area (Å²) in [6, 6.07) is 13.3. The number of hydrogen-bond acceptors (Lipinski definition) is 15. The van der Waals surface area contributed by atoms with Gasteiger partial charge in [-0.05, 0) is 44.5 Å². The van der Waals surface area contributed by atoms with Crippen molar-refractivity contribution in [1.82, 2.24) is 19.6 Å². The predicted octanol–water partition coefficient (Wildman–Crippen LogP) is 11.2. The van der Waals surface area contributed by atoms with Crippen molar-refractivity contribution in [2.75, 3.05) is 32.2 Å². The average Bonchev–Trinajstić information content (AvgIpc) is 3.73. The van der Waals surface area contributed by atoms with E-state index >= 15 is 0 Å². The number of ether oxygens (including phenoxy) is 4. The van der Waals surface area contributed by atoms with Crippen LogP contribution in [0.25, 0.3) is 5.52 Å². The summed E-state index contributed by atoms with van der Waals surface area (Å²) >= 11 is 6.41. The number of aliphatic hydroxyl groups is 1. The Hall–Kier alpha value is -4.51. The molecule has 4 rings (SSSR count). The first-order valence-corrected chi connectivity index (χ1v) is 24.7. The van der Waals surface area contributed by atoms with Gasteiger partial charge in [-0.2, -0.15) is 15.6 Å². The molecule has 0 radical (unpaired) electrons. The van der Waals surface area contributed by atoms with Gasteiger partial charge < -0.3 is 34.3 Å². The van der Waals surface area contributed by atoms with Crippen molar-refractivity contribution in [3.05, 3.63) is 77.5 Å². The Bertz CT molecular complexity index is 2110. The summed E-state index contributed by atoms with van der Waals surface area (Å²) in [5.41, 5.74) is 7.30. The van der Waals surface area contributed by atoms with Crippen LogP contribution in [0.5, 0.6) is 11.5 Å². The summed E-state index contributed by atoms with van der Waals surface area (Å²) in [6.07, 6.45) is 23.0. The van der Waals surface area contributed by atoms with Crippen molar-refractivity contribution in [2.45, 2.75) is 154 Å². The quantitative estimate of drug-likeness (QED) is 0.0190. The van der Waals surface area contributed by atoms with E-state index in [1.54, 1.807) is 36.6 Å². The van der Waals surface area contributed by atoms with Crippen molar-refractivity contribution in [1.29, 1.82) is 10.5 Å². The summed E-state index contributed by atoms with van der Waals surface area (Å²) in [5, 5.41) is 34.2. The monoisotopic (exact) mass is 939 g/mol. The van der Waals surface area contributed by atoms with Crippen LogP contribution in [0.1, 0.15) is 147 Å². The number of fused-ring (bicyclic) bond motifs is 1. The smallest absolute Gasteiger partial charge is 0.484 e. The fourth-order valence-corrected chi connectivity index (χ4v) is 8.66. The lowest BCUT2D eigenvalue weighted by molar-refractivity contribution is -0.214. The maximum atomic E-state index is 14.6. The van der Waals surface area contributed by atoms with Crippen molar-refractivity contribution >= 4 is 30.8 Å². The summed E-state index contributed by atoms with van der Waals surface area (Å²) in [6.45, 7) is 4.80. The topological polar surface area (TPSA) is 219 Å². The lowest BCUT2D eigenvalue weighted by Crippen LogP contribution is -2.31. The molecule has 0 saturated carbocycles. The molecule has 0 bridgehead atoms. The zero-order valence-electron chi connectivity index (χ0n) is 38.2. The molecular formula is C47H67ClN7O9P. The van der Waals surface area contributed by atoms with E-state index in [1.165, 1.54) is 133 Å². The third kappa shape index (κ3) is 20.3. The van der Waals surface area contributed by atoms with Crippen LogP contribution in [0.15, 0.2) is 61.2 Å². The fraction of sp³-hybridized carbons (Fsp3) is 0.596. The highest BCUT2D eigenvalue weighted by atomic mass is 35.5. The molecule has 0 aliphatic carbocycles. The third-order valence-electron chi connectivity index (χ3n) is 10.4. The van der Waals surface area contributed by atoms with Gasteiger partial charge in [-0.3, -0.25) is 14.0 Å². The second kappa shape index (κ2) is 29.2.